The van der Waals surface area contributed by atoms with E-state index in [2.05, 4.69) is 15.9 Å². The first-order valence-corrected chi connectivity index (χ1v) is 9.29. The molecule has 1 aliphatic heterocycles. The molecule has 1 aliphatic rings. The summed E-state index contributed by atoms with van der Waals surface area (Å²) in [6.07, 6.45) is 0.422. The molecule has 1 heterocycles. The molecule has 0 unspecified atom stereocenters. The molecular formula is C14H16BrNO5S. The molecule has 0 N–H and O–H groups in total. The van der Waals surface area contributed by atoms with Crippen LogP contribution in [-0.4, -0.2) is 56.4 Å². The number of esters is 1. The van der Waals surface area contributed by atoms with Crippen LogP contribution in [0, 0.1) is 0 Å². The minimum atomic E-state index is -3.06. The fourth-order valence-corrected chi connectivity index (χ4v) is 4.22. The van der Waals surface area contributed by atoms with Crippen LogP contribution < -0.4 is 0 Å². The summed E-state index contributed by atoms with van der Waals surface area (Å²) in [7, 11) is -1.53. The monoisotopic (exact) mass is 389 g/mol. The van der Waals surface area contributed by atoms with E-state index in [9.17, 15) is 18.0 Å². The van der Waals surface area contributed by atoms with Gasteiger partial charge in [0, 0.05) is 17.6 Å². The van der Waals surface area contributed by atoms with Gasteiger partial charge in [-0.05, 0) is 30.7 Å². The van der Waals surface area contributed by atoms with Crippen molar-refractivity contribution in [1.29, 1.82) is 0 Å². The van der Waals surface area contributed by atoms with Crippen molar-refractivity contribution >= 4 is 37.6 Å². The van der Waals surface area contributed by atoms with E-state index < -0.39 is 28.3 Å². The van der Waals surface area contributed by atoms with Gasteiger partial charge in [-0.15, -0.1) is 0 Å². The van der Waals surface area contributed by atoms with E-state index in [-0.39, 0.29) is 17.5 Å². The van der Waals surface area contributed by atoms with Crippen LogP contribution in [0.25, 0.3) is 0 Å². The summed E-state index contributed by atoms with van der Waals surface area (Å²) in [4.78, 5) is 25.1. The molecule has 0 aliphatic carbocycles. The zero-order valence-corrected chi connectivity index (χ0v) is 14.4. The molecule has 0 aromatic heterocycles. The third kappa shape index (κ3) is 4.30. The first-order valence-electron chi connectivity index (χ1n) is 6.67. The topological polar surface area (TPSA) is 80.8 Å². The maximum Gasteiger partial charge on any atom is 0.338 e. The van der Waals surface area contributed by atoms with E-state index in [0.717, 1.165) is 4.47 Å². The van der Waals surface area contributed by atoms with Crippen LogP contribution in [0.1, 0.15) is 16.8 Å². The average molecular weight is 390 g/mol. The number of benzene rings is 1. The summed E-state index contributed by atoms with van der Waals surface area (Å²) in [5, 5.41) is 0. The van der Waals surface area contributed by atoms with Gasteiger partial charge in [0.1, 0.15) is 0 Å². The van der Waals surface area contributed by atoms with Crippen molar-refractivity contribution in [3.05, 3.63) is 34.3 Å². The Morgan fingerprint density at radius 1 is 1.32 bits per heavy atom. The van der Waals surface area contributed by atoms with Crippen LogP contribution in [0.15, 0.2) is 28.7 Å². The quantitative estimate of drug-likeness (QED) is 0.723. The van der Waals surface area contributed by atoms with Gasteiger partial charge in [0.05, 0.1) is 17.1 Å². The number of ether oxygens (including phenoxy) is 1. The van der Waals surface area contributed by atoms with Crippen LogP contribution in [0.5, 0.6) is 0 Å². The van der Waals surface area contributed by atoms with E-state index in [1.807, 2.05) is 0 Å². The molecule has 1 amide bonds. The summed E-state index contributed by atoms with van der Waals surface area (Å²) in [6, 6.07) is 6.24. The molecular weight excluding hydrogens is 374 g/mol. The Balaban J connectivity index is 1.87. The van der Waals surface area contributed by atoms with Gasteiger partial charge in [-0.25, -0.2) is 13.2 Å². The highest BCUT2D eigenvalue weighted by Crippen LogP contribution is 2.17. The van der Waals surface area contributed by atoms with Gasteiger partial charge in [-0.3, -0.25) is 4.79 Å². The fraction of sp³-hybridized carbons (Fsp3) is 0.429. The van der Waals surface area contributed by atoms with E-state index in [0.29, 0.717) is 12.0 Å². The Kier molecular flexibility index (Phi) is 5.23. The zero-order valence-electron chi connectivity index (χ0n) is 12.0. The standard InChI is InChI=1S/C14H16BrNO5S/c1-16(12-6-7-22(19,20)9-12)13(17)8-21-14(18)10-2-4-11(15)5-3-10/h2-5,12H,6-9H2,1H3/t12-/m0/s1. The molecule has 6 nitrogen and oxygen atoms in total. The van der Waals surface area contributed by atoms with Crippen molar-refractivity contribution in [3.8, 4) is 0 Å². The number of carbonyl (C=O) groups is 2. The van der Waals surface area contributed by atoms with Crippen molar-refractivity contribution in [3.63, 3.8) is 0 Å². The van der Waals surface area contributed by atoms with E-state index in [1.165, 1.54) is 11.9 Å². The highest BCUT2D eigenvalue weighted by atomic mass is 79.9. The van der Waals surface area contributed by atoms with Crippen LogP contribution in [0.4, 0.5) is 0 Å². The van der Waals surface area contributed by atoms with Crippen LogP contribution in [0.3, 0.4) is 0 Å². The lowest BCUT2D eigenvalue weighted by atomic mass is 10.2. The van der Waals surface area contributed by atoms with Crippen molar-refractivity contribution in [1.82, 2.24) is 4.90 Å². The molecule has 1 aromatic rings. The van der Waals surface area contributed by atoms with Gasteiger partial charge >= 0.3 is 5.97 Å². The molecule has 22 heavy (non-hydrogen) atoms. The zero-order chi connectivity index (χ0) is 16.3. The van der Waals surface area contributed by atoms with Gasteiger partial charge in [0.2, 0.25) is 0 Å². The predicted octanol–water partition coefficient (Wildman–Crippen LogP) is 1.25. The molecule has 1 aromatic carbocycles. The largest absolute Gasteiger partial charge is 0.452 e. The van der Waals surface area contributed by atoms with E-state index >= 15 is 0 Å². The van der Waals surface area contributed by atoms with Crippen molar-refractivity contribution in [2.24, 2.45) is 0 Å². The molecule has 8 heteroatoms. The number of halogens is 1. The van der Waals surface area contributed by atoms with Crippen LogP contribution in [-0.2, 0) is 19.4 Å². The molecule has 0 spiro atoms. The molecule has 0 saturated carbocycles. The summed E-state index contributed by atoms with van der Waals surface area (Å²) in [5.41, 5.74) is 0.349. The summed E-state index contributed by atoms with van der Waals surface area (Å²) in [5.74, 6) is -0.940. The Labute approximate surface area is 137 Å². The maximum absolute atomic E-state index is 12.0. The molecule has 120 valence electrons. The number of hydrogen-bond acceptors (Lipinski definition) is 5. The summed E-state index contributed by atoms with van der Waals surface area (Å²) in [6.45, 7) is -0.401. The Hall–Kier alpha value is -1.41. The highest BCUT2D eigenvalue weighted by Gasteiger charge is 2.32. The maximum atomic E-state index is 12.0. The second-order valence-electron chi connectivity index (χ2n) is 5.14. The highest BCUT2D eigenvalue weighted by molar-refractivity contribution is 9.10. The summed E-state index contributed by atoms with van der Waals surface area (Å²) >= 11 is 3.26. The van der Waals surface area contributed by atoms with Gasteiger partial charge < -0.3 is 9.64 Å². The Bertz CT molecular complexity index is 671. The van der Waals surface area contributed by atoms with E-state index in [4.69, 9.17) is 4.74 Å². The second kappa shape index (κ2) is 6.78. The van der Waals surface area contributed by atoms with Gasteiger partial charge in [0.25, 0.3) is 5.91 Å². The number of sulfone groups is 1. The Morgan fingerprint density at radius 2 is 1.95 bits per heavy atom. The van der Waals surface area contributed by atoms with Crippen LogP contribution in [0.2, 0.25) is 0 Å². The number of rotatable bonds is 4. The third-order valence-electron chi connectivity index (χ3n) is 3.56. The molecule has 0 radical (unpaired) electrons. The molecule has 1 fully saturated rings. The normalized spacial score (nSPS) is 19.6. The fourth-order valence-electron chi connectivity index (χ4n) is 2.18. The molecule has 1 saturated heterocycles. The lowest BCUT2D eigenvalue weighted by Crippen LogP contribution is -2.40. The van der Waals surface area contributed by atoms with Crippen molar-refractivity contribution in [2.45, 2.75) is 12.5 Å². The number of likely N-dealkylation sites (N-methyl/N-ethyl adjacent to an activating group) is 1. The van der Waals surface area contributed by atoms with Gasteiger partial charge in [-0.2, -0.15) is 0 Å². The predicted molar refractivity (Wildman–Crippen MR) is 84.3 cm³/mol. The molecule has 2 rings (SSSR count). The van der Waals surface area contributed by atoms with Gasteiger partial charge in [0.15, 0.2) is 16.4 Å². The minimum Gasteiger partial charge on any atom is -0.452 e. The first-order chi connectivity index (χ1) is 10.3. The van der Waals surface area contributed by atoms with Crippen molar-refractivity contribution in [2.75, 3.05) is 25.2 Å². The van der Waals surface area contributed by atoms with E-state index in [1.54, 1.807) is 24.3 Å². The van der Waals surface area contributed by atoms with Crippen molar-refractivity contribution < 1.29 is 22.7 Å². The summed E-state index contributed by atoms with van der Waals surface area (Å²) < 4.78 is 28.6. The van der Waals surface area contributed by atoms with Gasteiger partial charge in [-0.1, -0.05) is 15.9 Å². The molecule has 0 bridgehead atoms. The number of nitrogens with zero attached hydrogens (tertiary/aromatic N) is 1. The number of hydrogen-bond donors (Lipinski definition) is 0. The Morgan fingerprint density at radius 3 is 2.50 bits per heavy atom. The third-order valence-corrected chi connectivity index (χ3v) is 5.84. The second-order valence-corrected chi connectivity index (χ2v) is 8.29. The number of carbonyl (C=O) groups excluding carboxylic acids is 2. The smallest absolute Gasteiger partial charge is 0.338 e. The molecule has 1 atom stereocenters. The van der Waals surface area contributed by atoms with Crippen LogP contribution >= 0.6 is 15.9 Å². The minimum absolute atomic E-state index is 0.0318. The lowest BCUT2D eigenvalue weighted by molar-refractivity contribution is -0.134. The number of amides is 1. The average Bonchev–Trinajstić information content (AvgIpc) is 2.84. The lowest BCUT2D eigenvalue weighted by Gasteiger charge is -2.23. The SMILES string of the molecule is CN(C(=O)COC(=O)c1ccc(Br)cc1)[C@H]1CCS(=O)(=O)C1. The first kappa shape index (κ1) is 17.0.